The van der Waals surface area contributed by atoms with E-state index in [0.29, 0.717) is 12.2 Å². The number of hydrogen-bond donors (Lipinski definition) is 3. The molecule has 8 heteroatoms. The number of hydrogen-bond acceptors (Lipinski definition) is 5. The van der Waals surface area contributed by atoms with Crippen molar-refractivity contribution in [3.63, 3.8) is 0 Å². The van der Waals surface area contributed by atoms with Crippen LogP contribution in [0.15, 0.2) is 34.2 Å². The van der Waals surface area contributed by atoms with E-state index in [0.717, 1.165) is 18.9 Å². The molecule has 3 N–H and O–H groups in total. The van der Waals surface area contributed by atoms with Crippen LogP contribution in [0.4, 0.5) is 5.69 Å². The number of benzene rings is 1. The molecule has 0 saturated carbocycles. The molecule has 0 atom stereocenters. The lowest BCUT2D eigenvalue weighted by Gasteiger charge is -2.12. The number of aliphatic imine (C=N–C) groups is 1. The number of halogens is 1. The Hall–Kier alpha value is -1.31. The number of rotatable bonds is 5. The van der Waals surface area contributed by atoms with Crippen LogP contribution in [-0.2, 0) is 10.0 Å². The van der Waals surface area contributed by atoms with E-state index in [1.807, 2.05) is 0 Å². The van der Waals surface area contributed by atoms with Crippen LogP contribution in [-0.4, -0.2) is 40.9 Å². The molecule has 1 aromatic carbocycles. The van der Waals surface area contributed by atoms with Crippen LogP contribution in [0.3, 0.4) is 0 Å². The maximum Gasteiger partial charge on any atom is 0.242 e. The molecule has 19 heavy (non-hydrogen) atoms. The average molecular weight is 305 g/mol. The van der Waals surface area contributed by atoms with Gasteiger partial charge < -0.3 is 10.6 Å². The van der Waals surface area contributed by atoms with Crippen LogP contribution in [0.25, 0.3) is 0 Å². The smallest absolute Gasteiger partial charge is 0.242 e. The molecular formula is C11H17ClN4O2S. The molecule has 0 fully saturated rings. The van der Waals surface area contributed by atoms with Gasteiger partial charge in [-0.2, -0.15) is 0 Å². The summed E-state index contributed by atoms with van der Waals surface area (Å²) in [6.07, 6.45) is 0. The van der Waals surface area contributed by atoms with Gasteiger partial charge in [0.25, 0.3) is 0 Å². The minimum absolute atomic E-state index is 0. The molecule has 1 aliphatic rings. The summed E-state index contributed by atoms with van der Waals surface area (Å²) in [7, 11) is -2.05. The molecule has 106 valence electrons. The molecule has 0 aromatic heterocycles. The largest absolute Gasteiger partial charge is 0.377 e. The zero-order valence-electron chi connectivity index (χ0n) is 10.5. The van der Waals surface area contributed by atoms with Crippen molar-refractivity contribution in [2.45, 2.75) is 4.90 Å². The van der Waals surface area contributed by atoms with Gasteiger partial charge in [-0.3, -0.25) is 4.99 Å². The third-order valence-electron chi connectivity index (χ3n) is 2.64. The van der Waals surface area contributed by atoms with Crippen molar-refractivity contribution in [3.05, 3.63) is 24.3 Å². The Labute approximate surface area is 119 Å². The Kier molecular flexibility index (Phi) is 5.59. The number of sulfonamides is 1. The van der Waals surface area contributed by atoms with Gasteiger partial charge in [-0.05, 0) is 19.2 Å². The van der Waals surface area contributed by atoms with E-state index in [-0.39, 0.29) is 17.3 Å². The Morgan fingerprint density at radius 1 is 1.37 bits per heavy atom. The monoisotopic (exact) mass is 304 g/mol. The highest BCUT2D eigenvalue weighted by Crippen LogP contribution is 2.19. The van der Waals surface area contributed by atoms with Gasteiger partial charge in [0, 0.05) is 6.54 Å². The highest BCUT2D eigenvalue weighted by molar-refractivity contribution is 7.89. The summed E-state index contributed by atoms with van der Waals surface area (Å²) in [5, 5.41) is 6.20. The zero-order valence-corrected chi connectivity index (χ0v) is 12.1. The van der Waals surface area contributed by atoms with Crippen LogP contribution in [0.2, 0.25) is 0 Å². The van der Waals surface area contributed by atoms with Gasteiger partial charge in [-0.25, -0.2) is 13.1 Å². The SMILES string of the molecule is CNS(=O)(=O)c1ccccc1NCC1=NCCN1.Cl. The highest BCUT2D eigenvalue weighted by Gasteiger charge is 2.16. The summed E-state index contributed by atoms with van der Waals surface area (Å²) >= 11 is 0. The normalized spacial score (nSPS) is 14.3. The second kappa shape index (κ2) is 6.74. The van der Waals surface area contributed by atoms with E-state index in [1.54, 1.807) is 24.3 Å². The molecular weight excluding hydrogens is 288 g/mol. The predicted molar refractivity (Wildman–Crippen MR) is 78.7 cm³/mol. The lowest BCUT2D eigenvalue weighted by atomic mass is 10.3. The van der Waals surface area contributed by atoms with Crippen molar-refractivity contribution in [1.82, 2.24) is 10.0 Å². The number of anilines is 1. The molecule has 1 heterocycles. The lowest BCUT2D eigenvalue weighted by Crippen LogP contribution is -2.27. The quantitative estimate of drug-likeness (QED) is 0.737. The second-order valence-electron chi connectivity index (χ2n) is 3.81. The van der Waals surface area contributed by atoms with Gasteiger partial charge in [0.05, 0.1) is 18.8 Å². The van der Waals surface area contributed by atoms with E-state index in [1.165, 1.54) is 7.05 Å². The summed E-state index contributed by atoms with van der Waals surface area (Å²) in [6, 6.07) is 6.79. The highest BCUT2D eigenvalue weighted by atomic mass is 35.5. The average Bonchev–Trinajstić information content (AvgIpc) is 2.90. The van der Waals surface area contributed by atoms with Gasteiger partial charge in [0.1, 0.15) is 10.7 Å². The lowest BCUT2D eigenvalue weighted by molar-refractivity contribution is 0.588. The van der Waals surface area contributed by atoms with E-state index in [9.17, 15) is 8.42 Å². The molecule has 0 radical (unpaired) electrons. The van der Waals surface area contributed by atoms with Crippen LogP contribution in [0.5, 0.6) is 0 Å². The van der Waals surface area contributed by atoms with Crippen LogP contribution >= 0.6 is 12.4 Å². The first-order chi connectivity index (χ1) is 8.63. The number of nitrogens with zero attached hydrogens (tertiary/aromatic N) is 1. The topological polar surface area (TPSA) is 82.6 Å². The number of para-hydroxylation sites is 1. The van der Waals surface area contributed by atoms with E-state index in [2.05, 4.69) is 20.3 Å². The molecule has 0 unspecified atom stereocenters. The Morgan fingerprint density at radius 3 is 2.74 bits per heavy atom. The van der Waals surface area contributed by atoms with Crippen LogP contribution in [0.1, 0.15) is 0 Å². The fourth-order valence-corrected chi connectivity index (χ4v) is 2.61. The van der Waals surface area contributed by atoms with Gasteiger partial charge >= 0.3 is 0 Å². The zero-order chi connectivity index (χ0) is 13.0. The molecule has 0 amide bonds. The maximum absolute atomic E-state index is 11.8. The van der Waals surface area contributed by atoms with Gasteiger partial charge in [0.2, 0.25) is 10.0 Å². The summed E-state index contributed by atoms with van der Waals surface area (Å²) < 4.78 is 26.0. The van der Waals surface area contributed by atoms with Crippen molar-refractivity contribution in [3.8, 4) is 0 Å². The summed E-state index contributed by atoms with van der Waals surface area (Å²) in [4.78, 5) is 4.48. The number of nitrogens with one attached hydrogen (secondary N) is 3. The van der Waals surface area contributed by atoms with Gasteiger partial charge in [-0.1, -0.05) is 12.1 Å². The molecule has 1 aliphatic heterocycles. The molecule has 0 saturated heterocycles. The standard InChI is InChI=1S/C11H16N4O2S.ClH/c1-12-18(16,17)10-5-3-2-4-9(10)15-8-11-13-6-7-14-11;/h2-5,12,15H,6-8H2,1H3,(H,13,14);1H. The fourth-order valence-electron chi connectivity index (χ4n) is 1.70. The Bertz CT molecular complexity index is 560. The summed E-state index contributed by atoms with van der Waals surface area (Å²) in [6.45, 7) is 2.11. The van der Waals surface area contributed by atoms with Crippen molar-refractivity contribution in [2.24, 2.45) is 4.99 Å². The third-order valence-corrected chi connectivity index (χ3v) is 4.11. The molecule has 0 aliphatic carbocycles. The van der Waals surface area contributed by atoms with E-state index >= 15 is 0 Å². The minimum atomic E-state index is -3.45. The maximum atomic E-state index is 11.8. The minimum Gasteiger partial charge on any atom is -0.377 e. The van der Waals surface area contributed by atoms with E-state index in [4.69, 9.17) is 0 Å². The van der Waals surface area contributed by atoms with Crippen molar-refractivity contribution in [1.29, 1.82) is 0 Å². The summed E-state index contributed by atoms with van der Waals surface area (Å²) in [5.41, 5.74) is 0.572. The Morgan fingerprint density at radius 2 is 2.11 bits per heavy atom. The number of amidine groups is 1. The van der Waals surface area contributed by atoms with Crippen molar-refractivity contribution < 1.29 is 8.42 Å². The molecule has 0 bridgehead atoms. The van der Waals surface area contributed by atoms with E-state index < -0.39 is 10.0 Å². The van der Waals surface area contributed by atoms with Gasteiger partial charge in [-0.15, -0.1) is 12.4 Å². The molecule has 0 spiro atoms. The predicted octanol–water partition coefficient (Wildman–Crippen LogP) is 0.430. The first-order valence-electron chi connectivity index (χ1n) is 5.67. The van der Waals surface area contributed by atoms with Crippen LogP contribution < -0.4 is 15.4 Å². The third kappa shape index (κ3) is 3.82. The summed E-state index contributed by atoms with van der Waals surface area (Å²) in [5.74, 6) is 0.853. The van der Waals surface area contributed by atoms with Crippen LogP contribution in [0, 0.1) is 0 Å². The molecule has 2 rings (SSSR count). The molecule has 1 aromatic rings. The molecule has 6 nitrogen and oxygen atoms in total. The van der Waals surface area contributed by atoms with Gasteiger partial charge in [0.15, 0.2) is 0 Å². The van der Waals surface area contributed by atoms with Crippen molar-refractivity contribution >= 4 is 34.0 Å². The van der Waals surface area contributed by atoms with Crippen molar-refractivity contribution in [2.75, 3.05) is 32.0 Å². The fraction of sp³-hybridized carbons (Fsp3) is 0.364. The first kappa shape index (κ1) is 15.7. The Balaban J connectivity index is 0.00000180. The first-order valence-corrected chi connectivity index (χ1v) is 7.15. The second-order valence-corrected chi connectivity index (χ2v) is 5.67.